The summed E-state index contributed by atoms with van der Waals surface area (Å²) in [6.07, 6.45) is 6.13. The van der Waals surface area contributed by atoms with Crippen LogP contribution in [0.15, 0.2) is 17.8 Å². The molecule has 0 aromatic carbocycles. The first kappa shape index (κ1) is 12.9. The van der Waals surface area contributed by atoms with E-state index in [0.717, 1.165) is 17.7 Å². The van der Waals surface area contributed by atoms with Crippen LogP contribution in [0.4, 0.5) is 0 Å². The highest BCUT2D eigenvalue weighted by Gasteiger charge is 2.11. The lowest BCUT2D eigenvalue weighted by Gasteiger charge is -2.06. The molecular weight excluding hydrogens is 220 g/mol. The number of nitrogens with zero attached hydrogens (tertiary/aromatic N) is 1. The molecule has 1 heterocycles. The molecule has 0 bridgehead atoms. The van der Waals surface area contributed by atoms with E-state index < -0.39 is 5.91 Å². The lowest BCUT2D eigenvalue weighted by atomic mass is 10.0. The fraction of sp³-hybridized carbons (Fsp3) is 0.500. The third-order valence-corrected chi connectivity index (χ3v) is 3.62. The molecule has 1 aromatic heterocycles. The Morgan fingerprint density at radius 3 is 2.81 bits per heavy atom. The van der Waals surface area contributed by atoms with Gasteiger partial charge >= 0.3 is 0 Å². The van der Waals surface area contributed by atoms with Gasteiger partial charge in [-0.15, -0.1) is 11.3 Å². The van der Waals surface area contributed by atoms with Gasteiger partial charge in [-0.1, -0.05) is 18.6 Å². The zero-order valence-electron chi connectivity index (χ0n) is 9.99. The average molecular weight is 238 g/mol. The van der Waals surface area contributed by atoms with E-state index in [9.17, 15) is 4.79 Å². The molecule has 0 saturated carbocycles. The van der Waals surface area contributed by atoms with E-state index >= 15 is 0 Å². The first-order chi connectivity index (χ1) is 7.50. The molecule has 4 heteroatoms. The molecule has 88 valence electrons. The Hall–Kier alpha value is -1.16. The standard InChI is InChI=1S/C12H18N2OS/c1-8(2)5-4-6-9(3)10-7-14-12(16-10)11(13)15/h5,7,9H,4,6H2,1-3H3,(H2,13,15). The number of hydrogen-bond acceptors (Lipinski definition) is 3. The first-order valence-corrected chi connectivity index (χ1v) is 6.21. The van der Waals surface area contributed by atoms with Crippen LogP contribution in [-0.2, 0) is 0 Å². The second-order valence-electron chi connectivity index (χ2n) is 4.19. The van der Waals surface area contributed by atoms with Crippen molar-refractivity contribution in [3.63, 3.8) is 0 Å². The number of nitrogens with two attached hydrogens (primary N) is 1. The van der Waals surface area contributed by atoms with E-state index in [-0.39, 0.29) is 0 Å². The van der Waals surface area contributed by atoms with Crippen LogP contribution in [0, 0.1) is 0 Å². The first-order valence-electron chi connectivity index (χ1n) is 5.39. The van der Waals surface area contributed by atoms with E-state index in [1.807, 2.05) is 0 Å². The van der Waals surface area contributed by atoms with Crippen molar-refractivity contribution in [1.82, 2.24) is 4.98 Å². The molecule has 16 heavy (non-hydrogen) atoms. The molecule has 0 radical (unpaired) electrons. The molecule has 1 rings (SSSR count). The van der Waals surface area contributed by atoms with Crippen molar-refractivity contribution >= 4 is 17.2 Å². The van der Waals surface area contributed by atoms with Crippen molar-refractivity contribution in [3.8, 4) is 0 Å². The second kappa shape index (κ2) is 5.80. The quantitative estimate of drug-likeness (QED) is 0.801. The van der Waals surface area contributed by atoms with Gasteiger partial charge in [-0.3, -0.25) is 4.79 Å². The van der Waals surface area contributed by atoms with Crippen molar-refractivity contribution in [2.45, 2.75) is 39.5 Å². The SMILES string of the molecule is CC(C)=CCCC(C)c1cnc(C(N)=O)s1. The highest BCUT2D eigenvalue weighted by atomic mass is 32.1. The summed E-state index contributed by atoms with van der Waals surface area (Å²) in [6.45, 7) is 6.35. The zero-order valence-corrected chi connectivity index (χ0v) is 10.8. The van der Waals surface area contributed by atoms with Crippen LogP contribution >= 0.6 is 11.3 Å². The van der Waals surface area contributed by atoms with E-state index in [2.05, 4.69) is 31.8 Å². The average Bonchev–Trinajstić information content (AvgIpc) is 2.65. The Morgan fingerprint density at radius 1 is 1.62 bits per heavy atom. The maximum atomic E-state index is 10.9. The number of allylic oxidation sites excluding steroid dienone is 2. The van der Waals surface area contributed by atoms with Gasteiger partial charge in [0.25, 0.3) is 5.91 Å². The smallest absolute Gasteiger partial charge is 0.277 e. The lowest BCUT2D eigenvalue weighted by Crippen LogP contribution is -2.09. The Morgan fingerprint density at radius 2 is 2.31 bits per heavy atom. The van der Waals surface area contributed by atoms with Crippen molar-refractivity contribution in [2.75, 3.05) is 0 Å². The van der Waals surface area contributed by atoms with Crippen LogP contribution in [0.2, 0.25) is 0 Å². The van der Waals surface area contributed by atoms with Gasteiger partial charge in [0.1, 0.15) is 0 Å². The monoisotopic (exact) mass is 238 g/mol. The zero-order chi connectivity index (χ0) is 12.1. The summed E-state index contributed by atoms with van der Waals surface area (Å²) in [7, 11) is 0. The number of primary amides is 1. The van der Waals surface area contributed by atoms with E-state index in [1.54, 1.807) is 6.20 Å². The molecule has 0 aliphatic rings. The molecule has 1 aromatic rings. The summed E-state index contributed by atoms with van der Waals surface area (Å²) >= 11 is 1.40. The van der Waals surface area contributed by atoms with Crippen LogP contribution in [-0.4, -0.2) is 10.9 Å². The van der Waals surface area contributed by atoms with Gasteiger partial charge in [0.05, 0.1) is 0 Å². The van der Waals surface area contributed by atoms with E-state index in [1.165, 1.54) is 16.9 Å². The van der Waals surface area contributed by atoms with Crippen LogP contribution in [0.1, 0.15) is 54.2 Å². The maximum absolute atomic E-state index is 10.9. The number of amides is 1. The van der Waals surface area contributed by atoms with Crippen molar-refractivity contribution in [2.24, 2.45) is 5.73 Å². The number of aromatic nitrogens is 1. The topological polar surface area (TPSA) is 56.0 Å². The fourth-order valence-electron chi connectivity index (χ4n) is 1.39. The molecule has 0 fully saturated rings. The summed E-state index contributed by atoms with van der Waals surface area (Å²) < 4.78 is 0. The Kier molecular flexibility index (Phi) is 4.68. The van der Waals surface area contributed by atoms with Gasteiger partial charge in [0.15, 0.2) is 5.01 Å². The molecule has 1 atom stereocenters. The third-order valence-electron chi connectivity index (χ3n) is 2.37. The van der Waals surface area contributed by atoms with Gasteiger partial charge < -0.3 is 5.73 Å². The number of carbonyl (C=O) groups is 1. The van der Waals surface area contributed by atoms with Crippen LogP contribution in [0.3, 0.4) is 0 Å². The molecule has 0 spiro atoms. The molecule has 1 amide bonds. The van der Waals surface area contributed by atoms with Crippen LogP contribution in [0.5, 0.6) is 0 Å². The molecule has 0 aliphatic heterocycles. The van der Waals surface area contributed by atoms with E-state index in [0.29, 0.717) is 10.9 Å². The van der Waals surface area contributed by atoms with Gasteiger partial charge in [-0.05, 0) is 32.6 Å². The molecule has 0 aliphatic carbocycles. The Bertz CT molecular complexity index is 391. The fourth-order valence-corrected chi connectivity index (χ4v) is 2.25. The highest BCUT2D eigenvalue weighted by Crippen LogP contribution is 2.26. The van der Waals surface area contributed by atoms with Crippen molar-refractivity contribution < 1.29 is 4.79 Å². The Balaban J connectivity index is 2.56. The Labute approximate surface area is 100 Å². The van der Waals surface area contributed by atoms with Crippen LogP contribution in [0.25, 0.3) is 0 Å². The predicted octanol–water partition coefficient (Wildman–Crippen LogP) is 3.09. The van der Waals surface area contributed by atoms with Crippen molar-refractivity contribution in [1.29, 1.82) is 0 Å². The second-order valence-corrected chi connectivity index (χ2v) is 5.25. The van der Waals surface area contributed by atoms with E-state index in [4.69, 9.17) is 5.73 Å². The molecular formula is C12H18N2OS. The summed E-state index contributed by atoms with van der Waals surface area (Å²) in [5, 5.41) is 0.407. The lowest BCUT2D eigenvalue weighted by molar-refractivity contribution is 0.1000. The largest absolute Gasteiger partial charge is 0.364 e. The number of thiazole rings is 1. The minimum atomic E-state index is -0.437. The van der Waals surface area contributed by atoms with Crippen molar-refractivity contribution in [3.05, 3.63) is 27.7 Å². The highest BCUT2D eigenvalue weighted by molar-refractivity contribution is 7.13. The maximum Gasteiger partial charge on any atom is 0.277 e. The molecule has 3 nitrogen and oxygen atoms in total. The summed E-state index contributed by atoms with van der Waals surface area (Å²) in [6, 6.07) is 0. The van der Waals surface area contributed by atoms with Crippen LogP contribution < -0.4 is 5.73 Å². The number of carbonyl (C=O) groups excluding carboxylic acids is 1. The molecule has 1 unspecified atom stereocenters. The van der Waals surface area contributed by atoms with Gasteiger partial charge in [0.2, 0.25) is 0 Å². The summed E-state index contributed by atoms with van der Waals surface area (Å²) in [5.74, 6) is -0.00560. The minimum Gasteiger partial charge on any atom is -0.364 e. The van der Waals surface area contributed by atoms with Gasteiger partial charge in [-0.25, -0.2) is 4.98 Å². The number of rotatable bonds is 5. The minimum absolute atomic E-state index is 0.407. The normalized spacial score (nSPS) is 12.2. The summed E-state index contributed by atoms with van der Waals surface area (Å²) in [4.78, 5) is 16.0. The summed E-state index contributed by atoms with van der Waals surface area (Å²) in [5.41, 5.74) is 6.51. The van der Waals surface area contributed by atoms with Gasteiger partial charge in [0, 0.05) is 11.1 Å². The molecule has 2 N–H and O–H groups in total. The predicted molar refractivity (Wildman–Crippen MR) is 67.7 cm³/mol. The van der Waals surface area contributed by atoms with Gasteiger partial charge in [-0.2, -0.15) is 0 Å². The molecule has 0 saturated heterocycles. The third kappa shape index (κ3) is 3.77. The number of hydrogen-bond donors (Lipinski definition) is 1.